The molecular formula is C19H21N3OS. The third-order valence-electron chi connectivity index (χ3n) is 4.23. The minimum absolute atomic E-state index is 0.295. The van der Waals surface area contributed by atoms with Gasteiger partial charge < -0.3 is 10.0 Å². The summed E-state index contributed by atoms with van der Waals surface area (Å²) in [5, 5.41) is 9.57. The first-order valence-electron chi connectivity index (χ1n) is 9.95. The lowest BCUT2D eigenvalue weighted by Gasteiger charge is -2.36. The summed E-state index contributed by atoms with van der Waals surface area (Å²) >= 11 is 1.68. The van der Waals surface area contributed by atoms with Gasteiger partial charge in [-0.2, -0.15) is 0 Å². The second kappa shape index (κ2) is 6.97. The molecule has 0 amide bonds. The highest BCUT2D eigenvalue weighted by atomic mass is 32.2. The largest absolute Gasteiger partial charge is 0.395 e. The highest BCUT2D eigenvalue weighted by molar-refractivity contribution is 7.99. The van der Waals surface area contributed by atoms with Gasteiger partial charge in [0, 0.05) is 50.8 Å². The molecule has 0 aliphatic carbocycles. The molecular weight excluding hydrogens is 318 g/mol. The summed E-state index contributed by atoms with van der Waals surface area (Å²) < 4.78 is 30.7. The molecule has 0 spiro atoms. The molecule has 0 saturated carbocycles. The van der Waals surface area contributed by atoms with Crippen LogP contribution in [0.1, 0.15) is 11.0 Å². The molecule has 2 heterocycles. The van der Waals surface area contributed by atoms with E-state index in [1.165, 1.54) is 4.90 Å². The molecule has 0 radical (unpaired) electrons. The van der Waals surface area contributed by atoms with Gasteiger partial charge in [0.05, 0.1) is 15.0 Å². The van der Waals surface area contributed by atoms with E-state index < -0.39 is 13.1 Å². The van der Waals surface area contributed by atoms with E-state index in [1.54, 1.807) is 11.8 Å². The normalized spacial score (nSPS) is 21.4. The minimum Gasteiger partial charge on any atom is -0.395 e. The monoisotopic (exact) mass is 343 g/mol. The Morgan fingerprint density at radius 2 is 1.71 bits per heavy atom. The highest BCUT2D eigenvalue weighted by Gasteiger charge is 2.24. The minimum atomic E-state index is -2.92. The van der Waals surface area contributed by atoms with Crippen molar-refractivity contribution < 1.29 is 10.6 Å². The molecule has 0 aromatic heterocycles. The Hall–Kier alpha value is -1.82. The summed E-state index contributed by atoms with van der Waals surface area (Å²) in [7, 11) is 0. The van der Waals surface area contributed by atoms with Crippen LogP contribution >= 0.6 is 11.8 Å². The van der Waals surface area contributed by atoms with Crippen LogP contribution in [0.3, 0.4) is 0 Å². The Morgan fingerprint density at radius 3 is 2.50 bits per heavy atom. The van der Waals surface area contributed by atoms with Crippen LogP contribution in [-0.2, 0) is 0 Å². The summed E-state index contributed by atoms with van der Waals surface area (Å²) in [6, 6.07) is 16.1. The molecule has 1 N–H and O–H groups in total. The van der Waals surface area contributed by atoms with E-state index in [0.717, 1.165) is 26.9 Å². The van der Waals surface area contributed by atoms with E-state index >= 15 is 0 Å². The number of β-amino-alcohol motifs (C(OH)–C–C–N with tert-alkyl or cyclic N) is 1. The lowest BCUT2D eigenvalue weighted by molar-refractivity contribution is 0.147. The van der Waals surface area contributed by atoms with Gasteiger partial charge in [0.15, 0.2) is 0 Å². The van der Waals surface area contributed by atoms with E-state index in [4.69, 9.17) is 10.5 Å². The van der Waals surface area contributed by atoms with Crippen LogP contribution in [0.2, 0.25) is 0 Å². The number of aliphatic hydroxyl groups is 1. The maximum atomic E-state index is 9.57. The van der Waals surface area contributed by atoms with Crippen molar-refractivity contribution in [2.75, 3.05) is 39.2 Å². The smallest absolute Gasteiger partial charge is 0.137 e. The number of hydrogen-bond acceptors (Lipinski definition) is 5. The fraction of sp³-hybridized carbons (Fsp3) is 0.316. The molecule has 4 nitrogen and oxygen atoms in total. The average Bonchev–Trinajstić information content (AvgIpc) is 2.84. The number of rotatable bonds is 2. The van der Waals surface area contributed by atoms with Gasteiger partial charge in [0.1, 0.15) is 5.84 Å². The Balaban J connectivity index is 1.64. The van der Waals surface area contributed by atoms with Gasteiger partial charge in [-0.1, -0.05) is 42.1 Å². The van der Waals surface area contributed by atoms with E-state index in [1.807, 2.05) is 36.4 Å². The summed E-state index contributed by atoms with van der Waals surface area (Å²) in [6.45, 7) is -3.78. The molecule has 2 aliphatic rings. The van der Waals surface area contributed by atoms with Gasteiger partial charge >= 0.3 is 0 Å². The van der Waals surface area contributed by atoms with E-state index in [-0.39, 0.29) is 0 Å². The van der Waals surface area contributed by atoms with Crippen molar-refractivity contribution in [1.82, 2.24) is 9.80 Å². The van der Waals surface area contributed by atoms with Gasteiger partial charge in [-0.3, -0.25) is 4.90 Å². The molecule has 0 unspecified atom stereocenters. The predicted molar refractivity (Wildman–Crippen MR) is 98.3 cm³/mol. The third-order valence-corrected chi connectivity index (χ3v) is 5.37. The Bertz CT molecular complexity index is 908. The molecule has 2 aliphatic heterocycles. The highest BCUT2D eigenvalue weighted by Crippen LogP contribution is 2.40. The number of aliphatic imine (C=N–C) groups is 1. The number of amidine groups is 1. The van der Waals surface area contributed by atoms with Crippen LogP contribution in [-0.4, -0.2) is 60.0 Å². The lowest BCUT2D eigenvalue weighted by atomic mass is 10.1. The molecule has 4 rings (SSSR count). The Morgan fingerprint density at radius 1 is 1.00 bits per heavy atom. The molecule has 24 heavy (non-hydrogen) atoms. The third kappa shape index (κ3) is 3.07. The number of fused-ring (bicyclic) bond motifs is 2. The summed E-state index contributed by atoms with van der Waals surface area (Å²) in [5.74, 6) is 0.847. The van der Waals surface area contributed by atoms with Gasteiger partial charge in [0.2, 0.25) is 0 Å². The first-order valence-corrected chi connectivity index (χ1v) is 8.76. The maximum absolute atomic E-state index is 9.57. The zero-order valence-corrected chi connectivity index (χ0v) is 14.0. The number of piperazine rings is 1. The van der Waals surface area contributed by atoms with Crippen LogP contribution < -0.4 is 0 Å². The molecule has 2 aromatic rings. The maximum Gasteiger partial charge on any atom is 0.137 e. The number of hydrogen-bond donors (Lipinski definition) is 1. The standard InChI is InChI=1S/C19H21N3OS/c23-14-13-21-9-11-22(12-10-21)19-15-5-1-3-7-17(15)24-18-8-4-2-6-16(18)20-19/h1-8,23H,9-14H2/i13D2,14D2. The van der Waals surface area contributed by atoms with Gasteiger partial charge in [-0.05, 0) is 18.2 Å². The average molecular weight is 343 g/mol. The van der Waals surface area contributed by atoms with E-state index in [0.29, 0.717) is 26.2 Å². The van der Waals surface area contributed by atoms with Crippen LogP contribution in [0.15, 0.2) is 63.3 Å². The van der Waals surface area contributed by atoms with Gasteiger partial charge in [0.25, 0.3) is 0 Å². The van der Waals surface area contributed by atoms with Gasteiger partial charge in [-0.15, -0.1) is 0 Å². The van der Waals surface area contributed by atoms with Gasteiger partial charge in [-0.25, -0.2) is 4.99 Å². The second-order valence-electron chi connectivity index (χ2n) is 5.70. The first-order chi connectivity index (χ1) is 13.3. The van der Waals surface area contributed by atoms with Crippen molar-refractivity contribution in [2.45, 2.75) is 9.79 Å². The number of nitrogens with zero attached hydrogens (tertiary/aromatic N) is 3. The second-order valence-corrected chi connectivity index (χ2v) is 6.78. The van der Waals surface area contributed by atoms with Crippen LogP contribution in [0.25, 0.3) is 0 Å². The molecule has 0 atom stereocenters. The number of benzene rings is 2. The number of para-hydroxylation sites is 1. The van der Waals surface area contributed by atoms with Crippen molar-refractivity contribution in [3.63, 3.8) is 0 Å². The quantitative estimate of drug-likeness (QED) is 0.910. The molecule has 124 valence electrons. The predicted octanol–water partition coefficient (Wildman–Crippen LogP) is 2.84. The first kappa shape index (κ1) is 11.7. The topological polar surface area (TPSA) is 39.1 Å². The summed E-state index contributed by atoms with van der Waals surface area (Å²) in [4.78, 5) is 10.6. The van der Waals surface area contributed by atoms with Crippen LogP contribution in [0.4, 0.5) is 5.69 Å². The molecule has 2 aromatic carbocycles. The molecule has 1 saturated heterocycles. The van der Waals surface area contributed by atoms with Crippen molar-refractivity contribution in [3.8, 4) is 0 Å². The summed E-state index contributed by atoms with van der Waals surface area (Å²) in [6.07, 6.45) is 0. The molecule has 1 fully saturated rings. The zero-order chi connectivity index (χ0) is 19.9. The van der Waals surface area contributed by atoms with Crippen molar-refractivity contribution in [1.29, 1.82) is 0 Å². The van der Waals surface area contributed by atoms with Crippen LogP contribution in [0.5, 0.6) is 0 Å². The van der Waals surface area contributed by atoms with Crippen molar-refractivity contribution in [2.24, 2.45) is 4.99 Å². The lowest BCUT2D eigenvalue weighted by Crippen LogP contribution is -2.49. The fourth-order valence-electron chi connectivity index (χ4n) is 3.01. The molecule has 5 heteroatoms. The SMILES string of the molecule is [2H]C([2H])(O)C([2H])([2H])N1CCN(C2=Nc3ccccc3Sc3ccccc32)CC1. The molecule has 0 bridgehead atoms. The van der Waals surface area contributed by atoms with Crippen molar-refractivity contribution >= 4 is 23.3 Å². The zero-order valence-electron chi connectivity index (χ0n) is 17.1. The van der Waals surface area contributed by atoms with Crippen molar-refractivity contribution in [3.05, 3.63) is 54.1 Å². The fourth-order valence-corrected chi connectivity index (χ4v) is 4.03. The van der Waals surface area contributed by atoms with E-state index in [2.05, 4.69) is 17.0 Å². The van der Waals surface area contributed by atoms with Crippen LogP contribution in [0, 0.1) is 0 Å². The Kier molecular flexibility index (Phi) is 3.39. The van der Waals surface area contributed by atoms with E-state index in [9.17, 15) is 5.11 Å². The summed E-state index contributed by atoms with van der Waals surface area (Å²) in [5.41, 5.74) is 1.95. The Labute approximate surface area is 152 Å².